The van der Waals surface area contributed by atoms with E-state index in [0.29, 0.717) is 5.92 Å². The standard InChI is InChI=1S/C13H17F3N2/c1-9-4-5-18(8-9)11-2-3-12(13(14,15)16)10(6-11)7-17/h2-3,6,9H,4-5,7-8,17H2,1H3. The zero-order valence-corrected chi connectivity index (χ0v) is 10.3. The van der Waals surface area contributed by atoms with Crippen molar-refractivity contribution in [3.63, 3.8) is 0 Å². The van der Waals surface area contributed by atoms with Gasteiger partial charge in [-0.1, -0.05) is 6.92 Å². The fraction of sp³-hybridized carbons (Fsp3) is 0.538. The summed E-state index contributed by atoms with van der Waals surface area (Å²) in [4.78, 5) is 2.12. The molecule has 0 spiro atoms. The highest BCUT2D eigenvalue weighted by atomic mass is 19.4. The van der Waals surface area contributed by atoms with E-state index in [2.05, 4.69) is 11.8 Å². The molecular formula is C13H17F3N2. The summed E-state index contributed by atoms with van der Waals surface area (Å²) in [5.74, 6) is 0.591. The maximum atomic E-state index is 12.7. The first-order valence-corrected chi connectivity index (χ1v) is 6.07. The number of benzene rings is 1. The van der Waals surface area contributed by atoms with Gasteiger partial charge in [0.15, 0.2) is 0 Å². The molecule has 1 saturated heterocycles. The van der Waals surface area contributed by atoms with E-state index >= 15 is 0 Å². The number of hydrogen-bond acceptors (Lipinski definition) is 2. The molecule has 0 saturated carbocycles. The molecule has 1 aliphatic heterocycles. The van der Waals surface area contributed by atoms with E-state index in [1.54, 1.807) is 12.1 Å². The van der Waals surface area contributed by atoms with Crippen LogP contribution >= 0.6 is 0 Å². The van der Waals surface area contributed by atoms with Crippen LogP contribution in [-0.2, 0) is 12.7 Å². The summed E-state index contributed by atoms with van der Waals surface area (Å²) >= 11 is 0. The smallest absolute Gasteiger partial charge is 0.371 e. The van der Waals surface area contributed by atoms with Crippen LogP contribution in [0, 0.1) is 5.92 Å². The SMILES string of the molecule is CC1CCN(c2ccc(C(F)(F)F)c(CN)c2)C1. The van der Waals surface area contributed by atoms with Crippen LogP contribution in [-0.4, -0.2) is 13.1 Å². The van der Waals surface area contributed by atoms with Crippen molar-refractivity contribution in [2.45, 2.75) is 26.1 Å². The first kappa shape index (κ1) is 13.2. The van der Waals surface area contributed by atoms with Gasteiger partial charge in [-0.2, -0.15) is 13.2 Å². The van der Waals surface area contributed by atoms with E-state index in [9.17, 15) is 13.2 Å². The summed E-state index contributed by atoms with van der Waals surface area (Å²) < 4.78 is 38.2. The lowest BCUT2D eigenvalue weighted by Gasteiger charge is -2.21. The van der Waals surface area contributed by atoms with Gasteiger partial charge in [0.2, 0.25) is 0 Å². The number of anilines is 1. The predicted octanol–water partition coefficient (Wildman–Crippen LogP) is 3.01. The van der Waals surface area contributed by atoms with Gasteiger partial charge in [-0.05, 0) is 36.1 Å². The molecule has 1 fully saturated rings. The minimum atomic E-state index is -4.33. The van der Waals surface area contributed by atoms with Crippen LogP contribution in [0.2, 0.25) is 0 Å². The Kier molecular flexibility index (Phi) is 3.52. The van der Waals surface area contributed by atoms with Gasteiger partial charge in [0.1, 0.15) is 0 Å². The number of alkyl halides is 3. The first-order chi connectivity index (χ1) is 8.41. The average Bonchev–Trinajstić information content (AvgIpc) is 2.74. The van der Waals surface area contributed by atoms with Crippen LogP contribution in [0.25, 0.3) is 0 Å². The Bertz CT molecular complexity index is 429. The number of nitrogens with zero attached hydrogens (tertiary/aromatic N) is 1. The maximum Gasteiger partial charge on any atom is 0.416 e. The second-order valence-electron chi connectivity index (χ2n) is 4.88. The van der Waals surface area contributed by atoms with Gasteiger partial charge in [0.25, 0.3) is 0 Å². The molecule has 18 heavy (non-hydrogen) atoms. The van der Waals surface area contributed by atoms with Gasteiger partial charge < -0.3 is 10.6 Å². The normalized spacial score (nSPS) is 20.5. The van der Waals surface area contributed by atoms with Crippen molar-refractivity contribution in [3.05, 3.63) is 29.3 Å². The van der Waals surface area contributed by atoms with Crippen molar-refractivity contribution >= 4 is 5.69 Å². The van der Waals surface area contributed by atoms with Crippen molar-refractivity contribution < 1.29 is 13.2 Å². The van der Waals surface area contributed by atoms with Crippen LogP contribution < -0.4 is 10.6 Å². The van der Waals surface area contributed by atoms with Crippen molar-refractivity contribution in [2.75, 3.05) is 18.0 Å². The third-order valence-electron chi connectivity index (χ3n) is 3.40. The number of rotatable bonds is 2. The molecule has 0 aliphatic carbocycles. The average molecular weight is 258 g/mol. The van der Waals surface area contributed by atoms with E-state index in [1.165, 1.54) is 0 Å². The Morgan fingerprint density at radius 1 is 1.39 bits per heavy atom. The van der Waals surface area contributed by atoms with Crippen molar-refractivity contribution in [1.29, 1.82) is 0 Å². The molecule has 1 aromatic carbocycles. The fourth-order valence-electron chi connectivity index (χ4n) is 2.39. The fourth-order valence-corrected chi connectivity index (χ4v) is 2.39. The molecular weight excluding hydrogens is 241 g/mol. The van der Waals surface area contributed by atoms with E-state index in [1.807, 2.05) is 0 Å². The minimum Gasteiger partial charge on any atom is -0.371 e. The second kappa shape index (κ2) is 4.80. The monoisotopic (exact) mass is 258 g/mol. The van der Waals surface area contributed by atoms with Gasteiger partial charge in [-0.25, -0.2) is 0 Å². The number of hydrogen-bond donors (Lipinski definition) is 1. The Hall–Kier alpha value is -1.23. The molecule has 2 nitrogen and oxygen atoms in total. The summed E-state index contributed by atoms with van der Waals surface area (Å²) in [6, 6.07) is 4.25. The summed E-state index contributed by atoms with van der Waals surface area (Å²) in [6.45, 7) is 3.85. The molecule has 0 amide bonds. The lowest BCUT2D eigenvalue weighted by Crippen LogP contribution is -2.20. The zero-order valence-electron chi connectivity index (χ0n) is 10.3. The molecule has 1 aromatic rings. The highest BCUT2D eigenvalue weighted by Gasteiger charge is 2.33. The highest BCUT2D eigenvalue weighted by molar-refractivity contribution is 5.52. The van der Waals surface area contributed by atoms with Crippen LogP contribution in [0.1, 0.15) is 24.5 Å². The Labute approximate surface area is 105 Å². The Morgan fingerprint density at radius 3 is 2.61 bits per heavy atom. The van der Waals surface area contributed by atoms with Gasteiger partial charge in [0, 0.05) is 25.3 Å². The first-order valence-electron chi connectivity index (χ1n) is 6.07. The van der Waals surface area contributed by atoms with Crippen LogP contribution in [0.3, 0.4) is 0 Å². The van der Waals surface area contributed by atoms with Crippen LogP contribution in [0.5, 0.6) is 0 Å². The summed E-state index contributed by atoms with van der Waals surface area (Å²) in [7, 11) is 0. The Morgan fingerprint density at radius 2 is 2.11 bits per heavy atom. The van der Waals surface area contributed by atoms with Crippen LogP contribution in [0.4, 0.5) is 18.9 Å². The van der Waals surface area contributed by atoms with E-state index < -0.39 is 11.7 Å². The highest BCUT2D eigenvalue weighted by Crippen LogP contribution is 2.34. The van der Waals surface area contributed by atoms with Gasteiger partial charge in [0.05, 0.1) is 5.56 Å². The minimum absolute atomic E-state index is 0.0912. The van der Waals surface area contributed by atoms with Gasteiger partial charge in [-0.3, -0.25) is 0 Å². The largest absolute Gasteiger partial charge is 0.416 e. The van der Waals surface area contributed by atoms with E-state index in [4.69, 9.17) is 5.73 Å². The topological polar surface area (TPSA) is 29.3 Å². The number of nitrogens with two attached hydrogens (primary N) is 1. The molecule has 100 valence electrons. The molecule has 2 rings (SSSR count). The molecule has 2 N–H and O–H groups in total. The van der Waals surface area contributed by atoms with Crippen molar-refractivity contribution in [2.24, 2.45) is 11.7 Å². The third kappa shape index (κ3) is 2.61. The quantitative estimate of drug-likeness (QED) is 0.883. The molecule has 0 bridgehead atoms. The summed E-state index contributed by atoms with van der Waals surface area (Å²) in [5.41, 5.74) is 5.81. The lowest BCUT2D eigenvalue weighted by atomic mass is 10.1. The maximum absolute atomic E-state index is 12.7. The summed E-state index contributed by atoms with van der Waals surface area (Å²) in [5, 5.41) is 0. The van der Waals surface area contributed by atoms with Gasteiger partial charge >= 0.3 is 6.18 Å². The van der Waals surface area contributed by atoms with Gasteiger partial charge in [-0.15, -0.1) is 0 Å². The molecule has 1 heterocycles. The molecule has 1 unspecified atom stereocenters. The Balaban J connectivity index is 2.30. The molecule has 1 atom stereocenters. The van der Waals surface area contributed by atoms with E-state index in [0.717, 1.165) is 31.3 Å². The molecule has 1 aliphatic rings. The molecule has 0 aromatic heterocycles. The molecule has 0 radical (unpaired) electrons. The summed E-state index contributed by atoms with van der Waals surface area (Å²) in [6.07, 6.45) is -3.25. The zero-order chi connectivity index (χ0) is 13.3. The predicted molar refractivity (Wildman–Crippen MR) is 65.3 cm³/mol. The lowest BCUT2D eigenvalue weighted by molar-refractivity contribution is -0.138. The van der Waals surface area contributed by atoms with Crippen LogP contribution in [0.15, 0.2) is 18.2 Å². The van der Waals surface area contributed by atoms with Crippen molar-refractivity contribution in [1.82, 2.24) is 0 Å². The van der Waals surface area contributed by atoms with Crippen molar-refractivity contribution in [3.8, 4) is 0 Å². The number of halogens is 3. The second-order valence-corrected chi connectivity index (χ2v) is 4.88. The van der Waals surface area contributed by atoms with E-state index in [-0.39, 0.29) is 12.1 Å². The third-order valence-corrected chi connectivity index (χ3v) is 3.40. The molecule has 5 heteroatoms.